The molecule has 2 aromatic carbocycles. The van der Waals surface area contributed by atoms with Gasteiger partial charge in [0.25, 0.3) is 5.91 Å². The number of nitrogens with zero attached hydrogens (tertiary/aromatic N) is 3. The van der Waals surface area contributed by atoms with Crippen LogP contribution < -0.4 is 5.32 Å². The van der Waals surface area contributed by atoms with Crippen LogP contribution in [-0.4, -0.2) is 73.5 Å². The van der Waals surface area contributed by atoms with E-state index in [0.29, 0.717) is 24.9 Å². The molecule has 3 atom stereocenters. The second-order valence-electron chi connectivity index (χ2n) is 9.18. The lowest BCUT2D eigenvalue weighted by molar-refractivity contribution is 0.0769. The summed E-state index contributed by atoms with van der Waals surface area (Å²) < 4.78 is 14.2. The van der Waals surface area contributed by atoms with E-state index in [2.05, 4.69) is 10.2 Å². The molecule has 0 saturated carbocycles. The van der Waals surface area contributed by atoms with Crippen molar-refractivity contribution < 1.29 is 14.0 Å². The third-order valence-corrected chi connectivity index (χ3v) is 6.98. The Hall–Kier alpha value is -2.64. The number of likely N-dealkylation sites (tertiary alicyclic amines) is 2. The van der Waals surface area contributed by atoms with Gasteiger partial charge in [0.15, 0.2) is 0 Å². The number of carbonyl (C=O) groups is 2. The second-order valence-corrected chi connectivity index (χ2v) is 9.59. The molecule has 8 heteroatoms. The van der Waals surface area contributed by atoms with Crippen LogP contribution in [0.4, 0.5) is 9.18 Å². The number of urea groups is 1. The minimum atomic E-state index is -0.571. The first-order chi connectivity index (χ1) is 15.8. The van der Waals surface area contributed by atoms with Gasteiger partial charge in [-0.25, -0.2) is 9.18 Å². The average Bonchev–Trinajstić information content (AvgIpc) is 3.35. The number of halogens is 2. The number of fused-ring (bicyclic) bond motifs is 1. The number of benzene rings is 2. The Kier molecular flexibility index (Phi) is 7.20. The van der Waals surface area contributed by atoms with E-state index in [1.807, 2.05) is 30.3 Å². The lowest BCUT2D eigenvalue weighted by Crippen LogP contribution is -2.39. The van der Waals surface area contributed by atoms with Gasteiger partial charge >= 0.3 is 6.03 Å². The summed E-state index contributed by atoms with van der Waals surface area (Å²) in [7, 11) is 3.47. The molecular formula is C25H30ClFN4O2. The van der Waals surface area contributed by atoms with Gasteiger partial charge in [-0.15, -0.1) is 0 Å². The molecule has 0 radical (unpaired) electrons. The molecule has 2 unspecified atom stereocenters. The summed E-state index contributed by atoms with van der Waals surface area (Å²) in [5.41, 5.74) is 1.06. The van der Waals surface area contributed by atoms with E-state index < -0.39 is 5.82 Å². The lowest BCUT2D eigenvalue weighted by Gasteiger charge is -2.26. The quantitative estimate of drug-likeness (QED) is 0.694. The van der Waals surface area contributed by atoms with Gasteiger partial charge in [-0.2, -0.15) is 0 Å². The molecule has 2 aliphatic heterocycles. The lowest BCUT2D eigenvalue weighted by atomic mass is 10.0. The minimum absolute atomic E-state index is 0.0293. The van der Waals surface area contributed by atoms with Gasteiger partial charge < -0.3 is 20.0 Å². The van der Waals surface area contributed by atoms with Gasteiger partial charge in [0, 0.05) is 46.8 Å². The van der Waals surface area contributed by atoms with Crippen molar-refractivity contribution in [2.45, 2.75) is 12.5 Å². The molecule has 2 aliphatic rings. The fourth-order valence-electron chi connectivity index (χ4n) is 4.90. The first-order valence-electron chi connectivity index (χ1n) is 11.3. The SMILES string of the molecule is CN(C)C(=O)NC(CCN1CC2CN(C(=O)c3c(F)cccc3Cl)C[C@@H]2C1)c1ccccc1. The summed E-state index contributed by atoms with van der Waals surface area (Å²) in [6.45, 7) is 3.87. The Morgan fingerprint density at radius 3 is 2.33 bits per heavy atom. The largest absolute Gasteiger partial charge is 0.338 e. The van der Waals surface area contributed by atoms with E-state index in [-0.39, 0.29) is 28.6 Å². The molecule has 2 aromatic rings. The predicted molar refractivity (Wildman–Crippen MR) is 127 cm³/mol. The van der Waals surface area contributed by atoms with Gasteiger partial charge in [-0.3, -0.25) is 4.79 Å². The molecule has 176 valence electrons. The Morgan fingerprint density at radius 2 is 1.73 bits per heavy atom. The zero-order valence-electron chi connectivity index (χ0n) is 19.0. The Balaban J connectivity index is 1.34. The van der Waals surface area contributed by atoms with Gasteiger partial charge in [0.05, 0.1) is 16.6 Å². The van der Waals surface area contributed by atoms with E-state index in [1.165, 1.54) is 12.1 Å². The van der Waals surface area contributed by atoms with Crippen molar-refractivity contribution in [3.05, 3.63) is 70.5 Å². The van der Waals surface area contributed by atoms with Crippen LogP contribution >= 0.6 is 11.6 Å². The Labute approximate surface area is 199 Å². The van der Waals surface area contributed by atoms with Crippen LogP contribution in [-0.2, 0) is 0 Å². The fourth-order valence-corrected chi connectivity index (χ4v) is 5.14. The predicted octanol–water partition coefficient (Wildman–Crippen LogP) is 3.89. The summed E-state index contributed by atoms with van der Waals surface area (Å²) in [6, 6.07) is 14.2. The summed E-state index contributed by atoms with van der Waals surface area (Å²) in [5.74, 6) is -0.162. The van der Waals surface area contributed by atoms with Crippen LogP contribution in [0.25, 0.3) is 0 Å². The maximum atomic E-state index is 14.2. The smallest absolute Gasteiger partial charge is 0.317 e. The third-order valence-electron chi connectivity index (χ3n) is 6.67. The monoisotopic (exact) mass is 472 g/mol. The zero-order chi connectivity index (χ0) is 23.5. The summed E-state index contributed by atoms with van der Waals surface area (Å²) in [4.78, 5) is 30.8. The molecule has 0 spiro atoms. The van der Waals surface area contributed by atoms with E-state index in [9.17, 15) is 14.0 Å². The van der Waals surface area contributed by atoms with E-state index in [1.54, 1.807) is 30.0 Å². The zero-order valence-corrected chi connectivity index (χ0v) is 19.8. The molecular weight excluding hydrogens is 443 g/mol. The van der Waals surface area contributed by atoms with Gasteiger partial charge in [-0.05, 0) is 36.0 Å². The highest BCUT2D eigenvalue weighted by Crippen LogP contribution is 2.33. The van der Waals surface area contributed by atoms with Crippen LogP contribution in [0.2, 0.25) is 5.02 Å². The third kappa shape index (κ3) is 5.31. The van der Waals surface area contributed by atoms with Crippen LogP contribution in [0, 0.1) is 17.7 Å². The molecule has 0 aliphatic carbocycles. The molecule has 6 nitrogen and oxygen atoms in total. The molecule has 1 N–H and O–H groups in total. The number of hydrogen-bond acceptors (Lipinski definition) is 3. The molecule has 0 bridgehead atoms. The standard InChI is InChI=1S/C25H30ClFN4O2/c1-29(2)25(33)28-22(17-7-4-3-5-8-17)11-12-30-13-18-15-31(16-19(18)14-30)24(32)23-20(26)9-6-10-21(23)27/h3-10,18-19,22H,11-16H2,1-2H3,(H,28,33)/t18-,19?,22?/m0/s1. The molecule has 2 saturated heterocycles. The molecule has 2 fully saturated rings. The van der Waals surface area contributed by atoms with Crippen molar-refractivity contribution in [1.82, 2.24) is 20.0 Å². The maximum absolute atomic E-state index is 14.2. The fraction of sp³-hybridized carbons (Fsp3) is 0.440. The highest BCUT2D eigenvalue weighted by Gasteiger charge is 2.42. The number of carbonyl (C=O) groups excluding carboxylic acids is 2. The Morgan fingerprint density at radius 1 is 1.06 bits per heavy atom. The highest BCUT2D eigenvalue weighted by molar-refractivity contribution is 6.33. The maximum Gasteiger partial charge on any atom is 0.317 e. The molecule has 2 heterocycles. The van der Waals surface area contributed by atoms with Crippen molar-refractivity contribution in [2.75, 3.05) is 46.8 Å². The summed E-state index contributed by atoms with van der Waals surface area (Å²) in [6.07, 6.45) is 0.802. The number of amides is 3. The average molecular weight is 473 g/mol. The minimum Gasteiger partial charge on any atom is -0.338 e. The Bertz CT molecular complexity index is 969. The topological polar surface area (TPSA) is 55.9 Å². The van der Waals surface area contributed by atoms with Crippen molar-refractivity contribution in [3.63, 3.8) is 0 Å². The van der Waals surface area contributed by atoms with Gasteiger partial charge in [0.1, 0.15) is 5.82 Å². The number of rotatable bonds is 6. The summed E-state index contributed by atoms with van der Waals surface area (Å²) >= 11 is 6.09. The highest BCUT2D eigenvalue weighted by atomic mass is 35.5. The normalized spacial score (nSPS) is 21.0. The van der Waals surface area contributed by atoms with Crippen molar-refractivity contribution >= 4 is 23.5 Å². The van der Waals surface area contributed by atoms with Crippen LogP contribution in [0.3, 0.4) is 0 Å². The number of nitrogens with one attached hydrogen (secondary N) is 1. The van der Waals surface area contributed by atoms with E-state index >= 15 is 0 Å². The number of hydrogen-bond donors (Lipinski definition) is 1. The van der Waals surface area contributed by atoms with Gasteiger partial charge in [0.2, 0.25) is 0 Å². The molecule has 4 rings (SSSR count). The second kappa shape index (κ2) is 10.1. The van der Waals surface area contributed by atoms with Crippen molar-refractivity contribution in [1.29, 1.82) is 0 Å². The summed E-state index contributed by atoms with van der Waals surface area (Å²) in [5, 5.41) is 3.28. The van der Waals surface area contributed by atoms with Crippen molar-refractivity contribution in [2.24, 2.45) is 11.8 Å². The van der Waals surface area contributed by atoms with Crippen molar-refractivity contribution in [3.8, 4) is 0 Å². The van der Waals surface area contributed by atoms with Crippen LogP contribution in [0.1, 0.15) is 28.4 Å². The first-order valence-corrected chi connectivity index (χ1v) is 11.7. The molecule has 3 amide bonds. The van der Waals surface area contributed by atoms with Crippen LogP contribution in [0.5, 0.6) is 0 Å². The van der Waals surface area contributed by atoms with Crippen LogP contribution in [0.15, 0.2) is 48.5 Å². The van der Waals surface area contributed by atoms with E-state index in [0.717, 1.165) is 31.6 Å². The molecule has 33 heavy (non-hydrogen) atoms. The van der Waals surface area contributed by atoms with Gasteiger partial charge in [-0.1, -0.05) is 48.0 Å². The van der Waals surface area contributed by atoms with E-state index in [4.69, 9.17) is 11.6 Å². The molecule has 0 aromatic heterocycles. The first kappa shape index (κ1) is 23.5.